The van der Waals surface area contributed by atoms with Gasteiger partial charge in [-0.05, 0) is 39.3 Å². The Hall–Kier alpha value is -2.34. The second-order valence-corrected chi connectivity index (χ2v) is 5.92. The Kier molecular flexibility index (Phi) is 4.34. The van der Waals surface area contributed by atoms with Crippen LogP contribution in [0, 0.1) is 6.92 Å². The summed E-state index contributed by atoms with van der Waals surface area (Å²) in [6.45, 7) is 4.59. The molecule has 1 amide bonds. The monoisotopic (exact) mass is 315 g/mol. The van der Waals surface area contributed by atoms with Crippen LogP contribution in [0.4, 0.5) is 0 Å². The van der Waals surface area contributed by atoms with Crippen LogP contribution >= 0.6 is 0 Å². The molecule has 1 fully saturated rings. The molecule has 1 saturated heterocycles. The second kappa shape index (κ2) is 6.42. The molecule has 0 saturated carbocycles. The van der Waals surface area contributed by atoms with Gasteiger partial charge in [0.25, 0.3) is 0 Å². The quantitative estimate of drug-likeness (QED) is 0.806. The van der Waals surface area contributed by atoms with Crippen molar-refractivity contribution < 1.29 is 14.3 Å². The number of aromatic hydroxyl groups is 1. The first-order valence-electron chi connectivity index (χ1n) is 7.83. The zero-order chi connectivity index (χ0) is 16.4. The van der Waals surface area contributed by atoms with Gasteiger partial charge >= 0.3 is 0 Å². The highest BCUT2D eigenvalue weighted by atomic mass is 16.3. The molecule has 0 aliphatic carbocycles. The number of nitrogens with zero attached hydrogens (tertiary/aromatic N) is 1. The fourth-order valence-electron chi connectivity index (χ4n) is 2.93. The summed E-state index contributed by atoms with van der Waals surface area (Å²) >= 11 is 0. The SMILES string of the molecule is Cc1ncoc1-c1ccc([C@H](C)NC(=O)C2CCCN2)c(O)c1. The predicted molar refractivity (Wildman–Crippen MR) is 85.9 cm³/mol. The van der Waals surface area contributed by atoms with Gasteiger partial charge in [0.15, 0.2) is 12.2 Å². The number of phenolic OH excluding ortho intramolecular Hbond substituents is 1. The van der Waals surface area contributed by atoms with Crippen LogP contribution < -0.4 is 10.6 Å². The normalized spacial score (nSPS) is 18.8. The average molecular weight is 315 g/mol. The summed E-state index contributed by atoms with van der Waals surface area (Å²) in [6, 6.07) is 4.91. The molecule has 23 heavy (non-hydrogen) atoms. The van der Waals surface area contributed by atoms with E-state index in [4.69, 9.17) is 4.42 Å². The molecule has 2 atom stereocenters. The Morgan fingerprint density at radius 2 is 2.35 bits per heavy atom. The van der Waals surface area contributed by atoms with Gasteiger partial charge in [-0.2, -0.15) is 0 Å². The lowest BCUT2D eigenvalue weighted by atomic mass is 10.0. The maximum absolute atomic E-state index is 12.2. The van der Waals surface area contributed by atoms with E-state index in [1.54, 1.807) is 12.1 Å². The van der Waals surface area contributed by atoms with E-state index in [0.29, 0.717) is 11.3 Å². The van der Waals surface area contributed by atoms with Crippen LogP contribution in [0.25, 0.3) is 11.3 Å². The molecule has 1 aromatic carbocycles. The van der Waals surface area contributed by atoms with Crippen molar-refractivity contribution in [2.45, 2.75) is 38.8 Å². The summed E-state index contributed by atoms with van der Waals surface area (Å²) in [5, 5.41) is 16.4. The molecular weight excluding hydrogens is 294 g/mol. The molecule has 3 rings (SSSR count). The van der Waals surface area contributed by atoms with Crippen LogP contribution in [0.3, 0.4) is 0 Å². The summed E-state index contributed by atoms with van der Waals surface area (Å²) < 4.78 is 5.34. The van der Waals surface area contributed by atoms with E-state index in [0.717, 1.165) is 30.6 Å². The molecule has 2 aromatic rings. The number of amides is 1. The van der Waals surface area contributed by atoms with E-state index in [1.165, 1.54) is 6.39 Å². The number of nitrogens with one attached hydrogen (secondary N) is 2. The molecule has 6 nitrogen and oxygen atoms in total. The van der Waals surface area contributed by atoms with Crippen LogP contribution in [0.5, 0.6) is 5.75 Å². The highest BCUT2D eigenvalue weighted by Gasteiger charge is 2.24. The van der Waals surface area contributed by atoms with E-state index in [9.17, 15) is 9.90 Å². The third-order valence-electron chi connectivity index (χ3n) is 4.24. The molecule has 6 heteroatoms. The van der Waals surface area contributed by atoms with Crippen molar-refractivity contribution in [1.29, 1.82) is 0 Å². The number of aryl methyl sites for hydroxylation is 1. The van der Waals surface area contributed by atoms with Crippen LogP contribution in [0.15, 0.2) is 29.0 Å². The first-order chi connectivity index (χ1) is 11.1. The number of phenols is 1. The minimum Gasteiger partial charge on any atom is -0.508 e. The number of aromatic nitrogens is 1. The van der Waals surface area contributed by atoms with Crippen molar-refractivity contribution in [3.05, 3.63) is 35.9 Å². The number of hydrogen-bond acceptors (Lipinski definition) is 5. The van der Waals surface area contributed by atoms with Gasteiger partial charge in [0.05, 0.1) is 17.8 Å². The summed E-state index contributed by atoms with van der Waals surface area (Å²) in [6.07, 6.45) is 3.25. The van der Waals surface area contributed by atoms with Gasteiger partial charge < -0.3 is 20.2 Å². The van der Waals surface area contributed by atoms with Crippen LogP contribution in [0.2, 0.25) is 0 Å². The summed E-state index contributed by atoms with van der Waals surface area (Å²) in [4.78, 5) is 16.2. The number of carbonyl (C=O) groups is 1. The topological polar surface area (TPSA) is 87.4 Å². The number of benzene rings is 1. The Balaban J connectivity index is 1.75. The van der Waals surface area contributed by atoms with E-state index < -0.39 is 0 Å². The van der Waals surface area contributed by atoms with E-state index >= 15 is 0 Å². The molecule has 2 heterocycles. The fraction of sp³-hybridized carbons (Fsp3) is 0.412. The molecule has 1 aromatic heterocycles. The van der Waals surface area contributed by atoms with Gasteiger partial charge in [-0.25, -0.2) is 4.98 Å². The van der Waals surface area contributed by atoms with Crippen molar-refractivity contribution in [2.75, 3.05) is 6.54 Å². The summed E-state index contributed by atoms with van der Waals surface area (Å²) in [7, 11) is 0. The lowest BCUT2D eigenvalue weighted by Gasteiger charge is -2.19. The van der Waals surface area contributed by atoms with E-state index in [2.05, 4.69) is 15.6 Å². The largest absolute Gasteiger partial charge is 0.508 e. The van der Waals surface area contributed by atoms with Crippen LogP contribution in [-0.4, -0.2) is 28.6 Å². The number of hydrogen-bond donors (Lipinski definition) is 3. The van der Waals surface area contributed by atoms with Crippen molar-refractivity contribution >= 4 is 5.91 Å². The van der Waals surface area contributed by atoms with Gasteiger partial charge in [0.2, 0.25) is 5.91 Å². The first-order valence-corrected chi connectivity index (χ1v) is 7.83. The minimum absolute atomic E-state index is 0.0236. The zero-order valence-corrected chi connectivity index (χ0v) is 13.3. The molecule has 1 aliphatic heterocycles. The first kappa shape index (κ1) is 15.6. The highest BCUT2D eigenvalue weighted by Crippen LogP contribution is 2.31. The van der Waals surface area contributed by atoms with Gasteiger partial charge in [-0.3, -0.25) is 4.79 Å². The highest BCUT2D eigenvalue weighted by molar-refractivity contribution is 5.82. The van der Waals surface area contributed by atoms with Gasteiger partial charge in [-0.15, -0.1) is 0 Å². The molecule has 0 spiro atoms. The lowest BCUT2D eigenvalue weighted by Crippen LogP contribution is -2.41. The summed E-state index contributed by atoms with van der Waals surface area (Å²) in [5.41, 5.74) is 2.21. The van der Waals surface area contributed by atoms with Crippen molar-refractivity contribution in [1.82, 2.24) is 15.6 Å². The van der Waals surface area contributed by atoms with Crippen LogP contribution in [0.1, 0.15) is 37.1 Å². The fourth-order valence-corrected chi connectivity index (χ4v) is 2.93. The third-order valence-corrected chi connectivity index (χ3v) is 4.24. The van der Waals surface area contributed by atoms with Crippen molar-refractivity contribution in [3.63, 3.8) is 0 Å². The van der Waals surface area contributed by atoms with Gasteiger partial charge in [0, 0.05) is 11.1 Å². The molecule has 0 radical (unpaired) electrons. The Morgan fingerprint density at radius 1 is 1.52 bits per heavy atom. The maximum atomic E-state index is 12.2. The summed E-state index contributed by atoms with van der Waals surface area (Å²) in [5.74, 6) is 0.744. The molecule has 1 aliphatic rings. The lowest BCUT2D eigenvalue weighted by molar-refractivity contribution is -0.123. The molecule has 0 bridgehead atoms. The molecule has 122 valence electrons. The zero-order valence-electron chi connectivity index (χ0n) is 13.3. The van der Waals surface area contributed by atoms with E-state index in [-0.39, 0.29) is 23.7 Å². The standard InChI is InChI=1S/C17H21N3O3/c1-10(20-17(22)14-4-3-7-18-14)13-6-5-12(8-15(13)21)16-11(2)19-9-23-16/h5-6,8-10,14,18,21H,3-4,7H2,1-2H3,(H,20,22)/t10-,14?/m0/s1. The Bertz CT molecular complexity index is 705. The number of rotatable bonds is 4. The van der Waals surface area contributed by atoms with Crippen LogP contribution in [-0.2, 0) is 4.79 Å². The van der Waals surface area contributed by atoms with Gasteiger partial charge in [-0.1, -0.05) is 12.1 Å². The minimum atomic E-state index is -0.269. The van der Waals surface area contributed by atoms with E-state index in [1.807, 2.05) is 19.9 Å². The maximum Gasteiger partial charge on any atom is 0.237 e. The molecular formula is C17H21N3O3. The van der Waals surface area contributed by atoms with Crippen molar-refractivity contribution in [3.8, 4) is 17.1 Å². The molecule has 1 unspecified atom stereocenters. The van der Waals surface area contributed by atoms with Gasteiger partial charge in [0.1, 0.15) is 5.75 Å². The Labute approximate surface area is 134 Å². The second-order valence-electron chi connectivity index (χ2n) is 5.92. The molecule has 3 N–H and O–H groups in total. The number of carbonyl (C=O) groups excluding carboxylic acids is 1. The smallest absolute Gasteiger partial charge is 0.237 e. The Morgan fingerprint density at radius 3 is 2.96 bits per heavy atom. The third kappa shape index (κ3) is 3.22. The average Bonchev–Trinajstić information content (AvgIpc) is 3.18. The van der Waals surface area contributed by atoms with Crippen molar-refractivity contribution in [2.24, 2.45) is 0 Å². The predicted octanol–water partition coefficient (Wildman–Crippen LogP) is 2.28. The number of oxazole rings is 1.